The number of hydrogen-bond acceptors (Lipinski definition) is 6. The van der Waals surface area contributed by atoms with E-state index in [1.807, 2.05) is 32.0 Å². The van der Waals surface area contributed by atoms with Gasteiger partial charge in [0.1, 0.15) is 13.2 Å². The average molecular weight is 627 g/mol. The highest BCUT2D eigenvalue weighted by molar-refractivity contribution is 7.92. The van der Waals surface area contributed by atoms with Crippen LogP contribution in [0.2, 0.25) is 10.0 Å². The summed E-state index contributed by atoms with van der Waals surface area (Å²) in [5, 5.41) is 4.83. The topological polar surface area (TPSA) is 97.3 Å². The summed E-state index contributed by atoms with van der Waals surface area (Å²) in [6, 6.07) is 25.4. The second kappa shape index (κ2) is 14.2. The summed E-state index contributed by atoms with van der Waals surface area (Å²) < 4.78 is 39.7. The van der Waals surface area contributed by atoms with Gasteiger partial charge in [0, 0.05) is 5.02 Å². The van der Waals surface area contributed by atoms with Crippen LogP contribution in [-0.4, -0.2) is 33.7 Å². The maximum absolute atomic E-state index is 13.5. The molecule has 0 atom stereocenters. The molecule has 0 saturated carbocycles. The van der Waals surface area contributed by atoms with E-state index in [0.29, 0.717) is 35.3 Å². The highest BCUT2D eigenvalue weighted by Crippen LogP contribution is 2.31. The Morgan fingerprint density at radius 3 is 2.40 bits per heavy atom. The third-order valence-corrected chi connectivity index (χ3v) is 8.30. The third-order valence-electron chi connectivity index (χ3n) is 5.97. The molecule has 4 aromatic rings. The van der Waals surface area contributed by atoms with Crippen molar-refractivity contribution in [3.05, 3.63) is 118 Å². The molecule has 42 heavy (non-hydrogen) atoms. The summed E-state index contributed by atoms with van der Waals surface area (Å²) >= 11 is 12.4. The zero-order valence-corrected chi connectivity index (χ0v) is 25.3. The third kappa shape index (κ3) is 8.03. The van der Waals surface area contributed by atoms with Gasteiger partial charge in [-0.15, -0.1) is 0 Å². The Hall–Kier alpha value is -4.05. The van der Waals surface area contributed by atoms with E-state index in [4.69, 9.17) is 32.7 Å². The first-order chi connectivity index (χ1) is 20.2. The Morgan fingerprint density at radius 1 is 0.929 bits per heavy atom. The number of amides is 1. The molecular formula is C31H29Cl2N3O5S. The Morgan fingerprint density at radius 2 is 1.69 bits per heavy atom. The van der Waals surface area contributed by atoms with Crippen LogP contribution in [0.1, 0.15) is 23.6 Å². The number of rotatable bonds is 12. The first-order valence-corrected chi connectivity index (χ1v) is 15.2. The quantitative estimate of drug-likeness (QED) is 0.141. The van der Waals surface area contributed by atoms with Gasteiger partial charge in [-0.2, -0.15) is 5.10 Å². The van der Waals surface area contributed by atoms with Crippen LogP contribution in [0, 0.1) is 6.92 Å². The van der Waals surface area contributed by atoms with Gasteiger partial charge in [0.2, 0.25) is 0 Å². The first kappa shape index (κ1) is 30.9. The Bertz CT molecular complexity index is 1680. The summed E-state index contributed by atoms with van der Waals surface area (Å²) in [5.74, 6) is 0.381. The Balaban J connectivity index is 1.48. The lowest BCUT2D eigenvalue weighted by Gasteiger charge is -2.24. The van der Waals surface area contributed by atoms with Crippen LogP contribution in [0.5, 0.6) is 11.5 Å². The second-order valence-electron chi connectivity index (χ2n) is 9.13. The fourth-order valence-corrected chi connectivity index (χ4v) is 5.86. The van der Waals surface area contributed by atoms with Crippen molar-refractivity contribution >= 4 is 51.0 Å². The zero-order valence-electron chi connectivity index (χ0n) is 23.0. The van der Waals surface area contributed by atoms with E-state index in [1.165, 1.54) is 24.4 Å². The Kier molecular flexibility index (Phi) is 10.5. The van der Waals surface area contributed by atoms with E-state index < -0.39 is 22.5 Å². The fourth-order valence-electron chi connectivity index (χ4n) is 3.92. The monoisotopic (exact) mass is 625 g/mol. The van der Waals surface area contributed by atoms with E-state index in [1.54, 1.807) is 54.6 Å². The molecule has 0 spiro atoms. The van der Waals surface area contributed by atoms with Gasteiger partial charge >= 0.3 is 0 Å². The maximum atomic E-state index is 13.5. The first-order valence-electron chi connectivity index (χ1n) is 13.0. The van der Waals surface area contributed by atoms with Crippen molar-refractivity contribution in [3.8, 4) is 11.5 Å². The number of nitrogens with one attached hydrogen (secondary N) is 1. The van der Waals surface area contributed by atoms with Crippen LogP contribution < -0.4 is 19.2 Å². The summed E-state index contributed by atoms with van der Waals surface area (Å²) in [6.45, 7) is 3.89. The molecule has 0 aromatic heterocycles. The van der Waals surface area contributed by atoms with Gasteiger partial charge in [0.05, 0.1) is 28.4 Å². The molecule has 218 valence electrons. The number of ether oxygens (including phenoxy) is 2. The van der Waals surface area contributed by atoms with Crippen molar-refractivity contribution in [2.45, 2.75) is 25.3 Å². The number of aryl methyl sites for hydroxylation is 1. The molecule has 11 heteroatoms. The number of carbonyl (C=O) groups is 1. The number of benzene rings is 4. The van der Waals surface area contributed by atoms with Crippen LogP contribution in [-0.2, 0) is 21.4 Å². The molecular weight excluding hydrogens is 597 g/mol. The van der Waals surface area contributed by atoms with E-state index >= 15 is 0 Å². The number of para-hydroxylation sites is 1. The van der Waals surface area contributed by atoms with Crippen molar-refractivity contribution in [2.75, 3.05) is 17.5 Å². The normalized spacial score (nSPS) is 11.3. The number of hydrazone groups is 1. The highest BCUT2D eigenvalue weighted by atomic mass is 35.5. The van der Waals surface area contributed by atoms with Gasteiger partial charge in [-0.3, -0.25) is 9.10 Å². The molecule has 8 nitrogen and oxygen atoms in total. The molecule has 4 aromatic carbocycles. The molecule has 0 fully saturated rings. The molecule has 0 heterocycles. The van der Waals surface area contributed by atoms with Crippen LogP contribution >= 0.6 is 23.2 Å². The van der Waals surface area contributed by atoms with Crippen molar-refractivity contribution in [3.63, 3.8) is 0 Å². The largest absolute Gasteiger partial charge is 0.490 e. The number of hydrogen-bond donors (Lipinski definition) is 1. The highest BCUT2D eigenvalue weighted by Gasteiger charge is 2.28. The summed E-state index contributed by atoms with van der Waals surface area (Å²) in [6.07, 6.45) is 1.43. The minimum Gasteiger partial charge on any atom is -0.490 e. The minimum atomic E-state index is -4.11. The minimum absolute atomic E-state index is 0.0328. The van der Waals surface area contributed by atoms with Gasteiger partial charge in [-0.1, -0.05) is 65.2 Å². The second-order valence-corrected chi connectivity index (χ2v) is 11.8. The van der Waals surface area contributed by atoms with Gasteiger partial charge < -0.3 is 9.47 Å². The van der Waals surface area contributed by atoms with Gasteiger partial charge in [0.15, 0.2) is 11.5 Å². The summed E-state index contributed by atoms with van der Waals surface area (Å²) in [5.41, 5.74) is 5.01. The maximum Gasteiger partial charge on any atom is 0.264 e. The van der Waals surface area contributed by atoms with E-state index in [0.717, 1.165) is 15.4 Å². The SMILES string of the molecule is CCOc1cc(/C=N\NC(=O)CN(c2ccccc2Cl)S(=O)(=O)c2ccc(C)cc2)ccc1OCc1cccc(Cl)c1. The number of carbonyl (C=O) groups excluding carboxylic acids is 1. The van der Waals surface area contributed by atoms with Crippen LogP contribution in [0.25, 0.3) is 0 Å². The smallest absolute Gasteiger partial charge is 0.264 e. The van der Waals surface area contributed by atoms with E-state index in [-0.39, 0.29) is 15.6 Å². The molecule has 0 aliphatic rings. The van der Waals surface area contributed by atoms with Crippen LogP contribution in [0.15, 0.2) is 101 Å². The molecule has 0 aliphatic heterocycles. The predicted molar refractivity (Wildman–Crippen MR) is 166 cm³/mol. The molecule has 0 aliphatic carbocycles. The van der Waals surface area contributed by atoms with Gasteiger partial charge in [-0.25, -0.2) is 13.8 Å². The Labute approximate surface area is 255 Å². The lowest BCUT2D eigenvalue weighted by molar-refractivity contribution is -0.119. The van der Waals surface area contributed by atoms with Gasteiger partial charge in [-0.05, 0) is 79.6 Å². The van der Waals surface area contributed by atoms with E-state index in [9.17, 15) is 13.2 Å². The fraction of sp³-hybridized carbons (Fsp3) is 0.161. The predicted octanol–water partition coefficient (Wildman–Crippen LogP) is 6.63. The average Bonchev–Trinajstić information content (AvgIpc) is 2.96. The molecule has 0 bridgehead atoms. The lowest BCUT2D eigenvalue weighted by atomic mass is 10.2. The molecule has 0 unspecified atom stereocenters. The molecule has 0 saturated heterocycles. The number of anilines is 1. The van der Waals surface area contributed by atoms with Gasteiger partial charge in [0.25, 0.3) is 15.9 Å². The summed E-state index contributed by atoms with van der Waals surface area (Å²) in [4.78, 5) is 12.9. The number of halogens is 2. The van der Waals surface area contributed by atoms with Crippen molar-refractivity contribution in [2.24, 2.45) is 5.10 Å². The lowest BCUT2D eigenvalue weighted by Crippen LogP contribution is -2.39. The molecule has 0 radical (unpaired) electrons. The van der Waals surface area contributed by atoms with Crippen molar-refractivity contribution < 1.29 is 22.7 Å². The van der Waals surface area contributed by atoms with Crippen LogP contribution in [0.4, 0.5) is 5.69 Å². The summed E-state index contributed by atoms with van der Waals surface area (Å²) in [7, 11) is -4.11. The van der Waals surface area contributed by atoms with Crippen molar-refractivity contribution in [1.82, 2.24) is 5.43 Å². The molecule has 1 amide bonds. The molecule has 1 N–H and O–H groups in total. The van der Waals surface area contributed by atoms with Crippen molar-refractivity contribution in [1.29, 1.82) is 0 Å². The number of sulfonamides is 1. The van der Waals surface area contributed by atoms with E-state index in [2.05, 4.69) is 10.5 Å². The van der Waals surface area contributed by atoms with Crippen LogP contribution in [0.3, 0.4) is 0 Å². The standard InChI is InChI=1S/C31H29Cl2N3O5S/c1-3-40-30-18-23(13-16-29(30)41-21-24-7-6-8-25(32)17-24)19-34-35-31(37)20-36(28-10-5-4-9-27(28)33)42(38,39)26-14-11-22(2)12-15-26/h4-19H,3,20-21H2,1-2H3,(H,35,37)/b34-19-. The molecule has 4 rings (SSSR count). The zero-order chi connectivity index (χ0) is 30.1. The number of nitrogens with zero attached hydrogens (tertiary/aromatic N) is 2.